The summed E-state index contributed by atoms with van der Waals surface area (Å²) in [6.07, 6.45) is 1.54. The van der Waals surface area contributed by atoms with Gasteiger partial charge in [-0.1, -0.05) is 18.2 Å². The summed E-state index contributed by atoms with van der Waals surface area (Å²) in [7, 11) is 0. The van der Waals surface area contributed by atoms with Crippen LogP contribution >= 0.6 is 0 Å². The Kier molecular flexibility index (Phi) is 1.21. The van der Waals surface area contributed by atoms with Crippen molar-refractivity contribution in [1.29, 1.82) is 0 Å². The molecule has 62 valence electrons. The number of ether oxygens (including phenoxy) is 1. The van der Waals surface area contributed by atoms with Crippen molar-refractivity contribution in [2.24, 2.45) is 0 Å². The average molecular weight is 161 g/mol. The van der Waals surface area contributed by atoms with Crippen molar-refractivity contribution in [1.82, 2.24) is 5.32 Å². The number of nitrogens with one attached hydrogen (secondary N) is 1. The Morgan fingerprint density at radius 3 is 3.25 bits per heavy atom. The molecule has 0 aromatic heterocycles. The van der Waals surface area contributed by atoms with Crippen LogP contribution in [0.25, 0.3) is 0 Å². The molecule has 0 saturated carbocycles. The molecule has 0 unspecified atom stereocenters. The minimum atomic E-state index is 0.407. The third-order valence-electron chi connectivity index (χ3n) is 2.68. The van der Waals surface area contributed by atoms with Crippen LogP contribution in [0.5, 0.6) is 5.75 Å². The summed E-state index contributed by atoms with van der Waals surface area (Å²) in [5, 5.41) is 3.45. The van der Waals surface area contributed by atoms with Gasteiger partial charge in [0.2, 0.25) is 0 Å². The van der Waals surface area contributed by atoms with E-state index >= 15 is 0 Å². The lowest BCUT2D eigenvalue weighted by Crippen LogP contribution is -2.19. The molecular formula is C10H11NO. The maximum atomic E-state index is 5.76. The molecule has 0 aliphatic carbocycles. The van der Waals surface area contributed by atoms with Gasteiger partial charge in [0.05, 0.1) is 0 Å². The minimum absolute atomic E-state index is 0.407. The van der Waals surface area contributed by atoms with Gasteiger partial charge in [0.15, 0.2) is 0 Å². The van der Waals surface area contributed by atoms with E-state index in [2.05, 4.69) is 23.5 Å². The third-order valence-corrected chi connectivity index (χ3v) is 2.68. The second-order valence-corrected chi connectivity index (χ2v) is 3.47. The van der Waals surface area contributed by atoms with E-state index in [9.17, 15) is 0 Å². The van der Waals surface area contributed by atoms with Crippen molar-refractivity contribution in [2.45, 2.75) is 18.6 Å². The SMILES string of the molecule is c1ccc2c(c1)O[C@@H]1CN[C@H]2C1. The quantitative estimate of drug-likeness (QED) is 0.622. The first-order chi connectivity index (χ1) is 5.93. The van der Waals surface area contributed by atoms with Crippen LogP contribution in [0.4, 0.5) is 0 Å². The monoisotopic (exact) mass is 161 g/mol. The first kappa shape index (κ1) is 6.49. The fraction of sp³-hybridized carbons (Fsp3) is 0.400. The number of hydrogen-bond acceptors (Lipinski definition) is 2. The standard InChI is InChI=1S/C10H11NO/c1-2-4-10-8(3-1)9-5-7(12-10)6-11-9/h1-4,7,9,11H,5-6H2/t7-,9-/m0/s1. The van der Waals surface area contributed by atoms with Crippen LogP contribution in [-0.4, -0.2) is 12.6 Å². The molecule has 1 aromatic rings. The van der Waals surface area contributed by atoms with Crippen molar-refractivity contribution < 1.29 is 4.74 Å². The van der Waals surface area contributed by atoms with Gasteiger partial charge in [0.1, 0.15) is 11.9 Å². The minimum Gasteiger partial charge on any atom is -0.489 e. The van der Waals surface area contributed by atoms with Crippen LogP contribution < -0.4 is 10.1 Å². The van der Waals surface area contributed by atoms with E-state index < -0.39 is 0 Å². The van der Waals surface area contributed by atoms with E-state index in [-0.39, 0.29) is 0 Å². The van der Waals surface area contributed by atoms with E-state index in [1.54, 1.807) is 0 Å². The summed E-state index contributed by atoms with van der Waals surface area (Å²) in [6, 6.07) is 8.85. The molecule has 2 heterocycles. The number of benzene rings is 1. The Hall–Kier alpha value is -1.02. The predicted octanol–water partition coefficient (Wildman–Crippen LogP) is 1.48. The van der Waals surface area contributed by atoms with Gasteiger partial charge in [-0.05, 0) is 6.07 Å². The second-order valence-electron chi connectivity index (χ2n) is 3.47. The highest BCUT2D eigenvalue weighted by molar-refractivity contribution is 5.39. The molecule has 0 spiro atoms. The Morgan fingerprint density at radius 2 is 2.25 bits per heavy atom. The molecule has 1 fully saturated rings. The fourth-order valence-corrected chi connectivity index (χ4v) is 2.09. The van der Waals surface area contributed by atoms with Crippen LogP contribution in [0.1, 0.15) is 18.0 Å². The van der Waals surface area contributed by atoms with Gasteiger partial charge in [-0.25, -0.2) is 0 Å². The van der Waals surface area contributed by atoms with Crippen molar-refractivity contribution in [3.05, 3.63) is 29.8 Å². The topological polar surface area (TPSA) is 21.3 Å². The van der Waals surface area contributed by atoms with Gasteiger partial charge in [-0.2, -0.15) is 0 Å². The lowest BCUT2D eigenvalue weighted by atomic mass is 10.0. The van der Waals surface area contributed by atoms with Gasteiger partial charge in [0.25, 0.3) is 0 Å². The molecule has 2 bridgehead atoms. The number of hydrogen-bond donors (Lipinski definition) is 1. The Morgan fingerprint density at radius 1 is 1.33 bits per heavy atom. The van der Waals surface area contributed by atoms with Crippen LogP contribution in [0, 0.1) is 0 Å². The Balaban J connectivity index is 2.13. The van der Waals surface area contributed by atoms with E-state index in [0.717, 1.165) is 18.7 Å². The van der Waals surface area contributed by atoms with E-state index in [0.29, 0.717) is 12.1 Å². The van der Waals surface area contributed by atoms with Gasteiger partial charge in [-0.15, -0.1) is 0 Å². The van der Waals surface area contributed by atoms with Crippen molar-refractivity contribution >= 4 is 0 Å². The summed E-state index contributed by atoms with van der Waals surface area (Å²) in [4.78, 5) is 0. The van der Waals surface area contributed by atoms with Crippen LogP contribution in [0.2, 0.25) is 0 Å². The number of para-hydroxylation sites is 1. The van der Waals surface area contributed by atoms with Crippen molar-refractivity contribution in [3.8, 4) is 5.75 Å². The molecule has 2 nitrogen and oxygen atoms in total. The summed E-state index contributed by atoms with van der Waals surface area (Å²) < 4.78 is 5.76. The molecule has 0 amide bonds. The molecule has 2 aliphatic heterocycles. The van der Waals surface area contributed by atoms with Gasteiger partial charge < -0.3 is 10.1 Å². The highest BCUT2D eigenvalue weighted by atomic mass is 16.5. The van der Waals surface area contributed by atoms with Gasteiger partial charge in [0, 0.05) is 24.6 Å². The summed E-state index contributed by atoms with van der Waals surface area (Å²) >= 11 is 0. The molecule has 2 heteroatoms. The number of fused-ring (bicyclic) bond motifs is 4. The fourth-order valence-electron chi connectivity index (χ4n) is 2.09. The zero-order valence-corrected chi connectivity index (χ0v) is 6.79. The van der Waals surface area contributed by atoms with Crippen LogP contribution in [0.3, 0.4) is 0 Å². The first-order valence-corrected chi connectivity index (χ1v) is 4.42. The zero-order valence-electron chi connectivity index (χ0n) is 6.79. The van der Waals surface area contributed by atoms with Crippen LogP contribution in [0.15, 0.2) is 24.3 Å². The predicted molar refractivity (Wildman–Crippen MR) is 46.2 cm³/mol. The third kappa shape index (κ3) is 0.786. The summed E-state index contributed by atoms with van der Waals surface area (Å²) in [5.41, 5.74) is 1.33. The summed E-state index contributed by atoms with van der Waals surface area (Å²) in [5.74, 6) is 1.07. The molecular weight excluding hydrogens is 150 g/mol. The van der Waals surface area contributed by atoms with Crippen LogP contribution in [-0.2, 0) is 0 Å². The van der Waals surface area contributed by atoms with Crippen molar-refractivity contribution in [3.63, 3.8) is 0 Å². The van der Waals surface area contributed by atoms with Gasteiger partial charge in [-0.3, -0.25) is 0 Å². The normalized spacial score (nSPS) is 31.0. The Bertz CT molecular complexity index is 310. The highest BCUT2D eigenvalue weighted by Crippen LogP contribution is 2.37. The largest absolute Gasteiger partial charge is 0.489 e. The second kappa shape index (κ2) is 2.23. The smallest absolute Gasteiger partial charge is 0.124 e. The maximum Gasteiger partial charge on any atom is 0.124 e. The van der Waals surface area contributed by atoms with E-state index in [4.69, 9.17) is 4.74 Å². The first-order valence-electron chi connectivity index (χ1n) is 4.42. The lowest BCUT2D eigenvalue weighted by Gasteiger charge is -2.22. The van der Waals surface area contributed by atoms with E-state index in [1.165, 1.54) is 5.56 Å². The maximum absolute atomic E-state index is 5.76. The Labute approximate surface area is 71.5 Å². The average Bonchev–Trinajstić information content (AvgIpc) is 2.49. The lowest BCUT2D eigenvalue weighted by molar-refractivity contribution is 0.204. The highest BCUT2D eigenvalue weighted by Gasteiger charge is 2.33. The molecule has 1 N–H and O–H groups in total. The molecule has 3 rings (SSSR count). The number of rotatable bonds is 0. The molecule has 12 heavy (non-hydrogen) atoms. The molecule has 2 aliphatic rings. The molecule has 1 aromatic carbocycles. The molecule has 0 radical (unpaired) electrons. The molecule has 2 atom stereocenters. The molecule has 1 saturated heterocycles. The van der Waals surface area contributed by atoms with Gasteiger partial charge >= 0.3 is 0 Å². The summed E-state index contributed by atoms with van der Waals surface area (Å²) in [6.45, 7) is 0.999. The van der Waals surface area contributed by atoms with Crippen molar-refractivity contribution in [2.75, 3.05) is 6.54 Å². The zero-order chi connectivity index (χ0) is 7.97. The van der Waals surface area contributed by atoms with E-state index in [1.807, 2.05) is 6.07 Å².